The maximum atomic E-state index is 14.3. The molecule has 5 aromatic carbocycles. The Kier molecular flexibility index (Phi) is 9.34. The number of aromatic nitrogens is 1. The van der Waals surface area contributed by atoms with E-state index < -0.39 is 17.8 Å². The van der Waals surface area contributed by atoms with E-state index in [9.17, 15) is 14.0 Å². The van der Waals surface area contributed by atoms with Crippen LogP contribution in [0.25, 0.3) is 22.5 Å². The first-order chi connectivity index (χ1) is 24.4. The van der Waals surface area contributed by atoms with Crippen molar-refractivity contribution in [3.63, 3.8) is 0 Å². The number of carbonyl (C=O) groups is 1. The lowest BCUT2D eigenvalue weighted by molar-refractivity contribution is -0.138. The molecule has 0 unspecified atom stereocenters. The van der Waals surface area contributed by atoms with Gasteiger partial charge in [-0.05, 0) is 64.7 Å². The average Bonchev–Trinajstić information content (AvgIpc) is 3.44. The molecular weight excluding hydrogens is 675 g/mol. The molecule has 0 spiro atoms. The van der Waals surface area contributed by atoms with Gasteiger partial charge >= 0.3 is 5.97 Å². The van der Waals surface area contributed by atoms with Gasteiger partial charge < -0.3 is 14.2 Å². The van der Waals surface area contributed by atoms with E-state index in [0.29, 0.717) is 48.2 Å². The zero-order valence-corrected chi connectivity index (χ0v) is 28.6. The molecule has 50 heavy (non-hydrogen) atoms. The highest BCUT2D eigenvalue weighted by molar-refractivity contribution is 7.07. The molecule has 0 amide bonds. The number of methoxy groups -OCH3 is 1. The van der Waals surface area contributed by atoms with Crippen molar-refractivity contribution in [2.45, 2.75) is 19.6 Å². The summed E-state index contributed by atoms with van der Waals surface area (Å²) >= 11 is 7.95. The maximum absolute atomic E-state index is 14.3. The van der Waals surface area contributed by atoms with Gasteiger partial charge in [0.2, 0.25) is 0 Å². The normalized spacial score (nSPS) is 14.3. The lowest BCUT2D eigenvalue weighted by Gasteiger charge is -2.25. The van der Waals surface area contributed by atoms with Gasteiger partial charge in [-0.1, -0.05) is 108 Å². The third-order valence-electron chi connectivity index (χ3n) is 8.36. The second-order valence-electron chi connectivity index (χ2n) is 11.4. The Morgan fingerprint density at radius 2 is 1.72 bits per heavy atom. The predicted molar refractivity (Wildman–Crippen MR) is 194 cm³/mol. The Morgan fingerprint density at radius 1 is 0.980 bits per heavy atom. The van der Waals surface area contributed by atoms with E-state index in [1.807, 2.05) is 72.8 Å². The standard InChI is InChI=1S/C40H30ClFN2O5S/c1-3-48-39(46)34-35(26-11-5-4-6-12-26)43-40-44(36(34)27-16-18-29(42)19-17-27)38(45)33(50-40)22-24-20-31(41)37(32(21-24)47-2)49-23-28-14-9-13-25-10-7-8-15-30(25)28/h4-22,36H,3,23H2,1-2H3/b33-22-/t36-/m1/s1. The van der Waals surface area contributed by atoms with Crippen LogP contribution in [0.15, 0.2) is 125 Å². The Bertz CT molecular complexity index is 2450. The van der Waals surface area contributed by atoms with Gasteiger partial charge in [-0.25, -0.2) is 14.2 Å². The topological polar surface area (TPSA) is 79.1 Å². The van der Waals surface area contributed by atoms with Gasteiger partial charge in [-0.2, -0.15) is 0 Å². The van der Waals surface area contributed by atoms with Gasteiger partial charge in [0, 0.05) is 5.56 Å². The second-order valence-corrected chi connectivity index (χ2v) is 12.9. The zero-order chi connectivity index (χ0) is 34.8. The molecule has 250 valence electrons. The van der Waals surface area contributed by atoms with Crippen LogP contribution in [0.4, 0.5) is 4.39 Å². The summed E-state index contributed by atoms with van der Waals surface area (Å²) in [6.45, 7) is 2.10. The Morgan fingerprint density at radius 3 is 2.48 bits per heavy atom. The monoisotopic (exact) mass is 704 g/mol. The first-order valence-corrected chi connectivity index (χ1v) is 17.1. The van der Waals surface area contributed by atoms with Crippen LogP contribution in [0.3, 0.4) is 0 Å². The molecule has 7 nitrogen and oxygen atoms in total. The number of hydrogen-bond acceptors (Lipinski definition) is 7. The second kappa shape index (κ2) is 14.2. The summed E-state index contributed by atoms with van der Waals surface area (Å²) in [6.07, 6.45) is 1.70. The van der Waals surface area contributed by atoms with Crippen LogP contribution in [0.1, 0.15) is 35.2 Å². The minimum atomic E-state index is -0.925. The first-order valence-electron chi connectivity index (χ1n) is 15.9. The van der Waals surface area contributed by atoms with Gasteiger partial charge in [-0.3, -0.25) is 9.36 Å². The summed E-state index contributed by atoms with van der Waals surface area (Å²) in [5.41, 5.74) is 2.98. The molecule has 0 saturated heterocycles. The Balaban J connectivity index is 1.33. The van der Waals surface area contributed by atoms with E-state index in [-0.39, 0.29) is 24.3 Å². The highest BCUT2D eigenvalue weighted by atomic mass is 35.5. The van der Waals surface area contributed by atoms with Crippen molar-refractivity contribution in [3.05, 3.63) is 168 Å². The Hall–Kier alpha value is -5.51. The molecule has 1 aromatic heterocycles. The number of fused-ring (bicyclic) bond motifs is 2. The van der Waals surface area contributed by atoms with Gasteiger partial charge in [0.25, 0.3) is 5.56 Å². The minimum absolute atomic E-state index is 0.120. The van der Waals surface area contributed by atoms with Crippen LogP contribution in [-0.4, -0.2) is 24.3 Å². The van der Waals surface area contributed by atoms with Crippen molar-refractivity contribution in [3.8, 4) is 11.5 Å². The van der Waals surface area contributed by atoms with E-state index in [1.54, 1.807) is 37.3 Å². The van der Waals surface area contributed by atoms with E-state index in [4.69, 9.17) is 30.8 Å². The number of esters is 1. The van der Waals surface area contributed by atoms with Crippen molar-refractivity contribution in [1.82, 2.24) is 4.57 Å². The molecule has 1 atom stereocenters. The fraction of sp³-hybridized carbons (Fsp3) is 0.125. The molecule has 0 aliphatic carbocycles. The van der Waals surface area contributed by atoms with Crippen LogP contribution in [-0.2, 0) is 16.1 Å². The van der Waals surface area contributed by atoms with Gasteiger partial charge in [-0.15, -0.1) is 0 Å². The Labute approximate surface area is 295 Å². The fourth-order valence-corrected chi connectivity index (χ4v) is 7.36. The van der Waals surface area contributed by atoms with Crippen molar-refractivity contribution in [2.75, 3.05) is 13.7 Å². The number of ether oxygens (including phenoxy) is 3. The summed E-state index contributed by atoms with van der Waals surface area (Å²) in [7, 11) is 1.53. The molecular formula is C40H30ClFN2O5S. The number of carbonyl (C=O) groups excluding carboxylic acids is 1. The predicted octanol–water partition coefficient (Wildman–Crippen LogP) is 7.47. The molecule has 0 fully saturated rings. The lowest BCUT2D eigenvalue weighted by atomic mass is 9.93. The van der Waals surface area contributed by atoms with Gasteiger partial charge in [0.05, 0.1) is 40.6 Å². The molecule has 0 saturated carbocycles. The highest BCUT2D eigenvalue weighted by Crippen LogP contribution is 2.38. The smallest absolute Gasteiger partial charge is 0.338 e. The molecule has 10 heteroatoms. The maximum Gasteiger partial charge on any atom is 0.338 e. The van der Waals surface area contributed by atoms with Crippen LogP contribution in [0, 0.1) is 5.82 Å². The molecule has 1 aliphatic rings. The largest absolute Gasteiger partial charge is 0.493 e. The summed E-state index contributed by atoms with van der Waals surface area (Å²) in [6, 6.07) is 31.6. The van der Waals surface area contributed by atoms with Crippen LogP contribution < -0.4 is 24.4 Å². The summed E-state index contributed by atoms with van der Waals surface area (Å²) in [5.74, 6) is -0.281. The minimum Gasteiger partial charge on any atom is -0.493 e. The van der Waals surface area contributed by atoms with E-state index in [0.717, 1.165) is 16.3 Å². The van der Waals surface area contributed by atoms with Crippen LogP contribution in [0.2, 0.25) is 5.02 Å². The van der Waals surface area contributed by atoms with Crippen molar-refractivity contribution in [2.24, 2.45) is 4.99 Å². The van der Waals surface area contributed by atoms with Gasteiger partial charge in [0.15, 0.2) is 16.3 Å². The lowest BCUT2D eigenvalue weighted by Crippen LogP contribution is -2.40. The SMILES string of the molecule is CCOC(=O)C1=C(c2ccccc2)N=c2s/c(=C\c3cc(Cl)c(OCc4cccc5ccccc45)c(OC)c3)c(=O)n2[C@@H]1c1ccc(F)cc1. The highest BCUT2D eigenvalue weighted by Gasteiger charge is 2.35. The summed E-state index contributed by atoms with van der Waals surface area (Å²) < 4.78 is 33.3. The van der Waals surface area contributed by atoms with Crippen molar-refractivity contribution in [1.29, 1.82) is 0 Å². The summed E-state index contributed by atoms with van der Waals surface area (Å²) in [5, 5.41) is 2.50. The molecule has 2 heterocycles. The summed E-state index contributed by atoms with van der Waals surface area (Å²) in [4.78, 5) is 33.1. The third kappa shape index (κ3) is 6.33. The van der Waals surface area contributed by atoms with E-state index >= 15 is 0 Å². The number of thiazole rings is 1. The van der Waals surface area contributed by atoms with Crippen molar-refractivity contribution < 1.29 is 23.4 Å². The van der Waals surface area contributed by atoms with Gasteiger partial charge in [0.1, 0.15) is 12.4 Å². The number of hydrogen-bond donors (Lipinski definition) is 0. The molecule has 7 rings (SSSR count). The molecule has 6 aromatic rings. The quantitative estimate of drug-likeness (QED) is 0.146. The van der Waals surface area contributed by atoms with Crippen LogP contribution in [0.5, 0.6) is 11.5 Å². The number of halogens is 2. The molecule has 0 bridgehead atoms. The van der Waals surface area contributed by atoms with Crippen molar-refractivity contribution >= 4 is 51.5 Å². The van der Waals surface area contributed by atoms with E-state index in [1.165, 1.54) is 35.1 Å². The van der Waals surface area contributed by atoms with Crippen LogP contribution >= 0.6 is 22.9 Å². The van der Waals surface area contributed by atoms with E-state index in [2.05, 4.69) is 0 Å². The first kappa shape index (κ1) is 33.0. The third-order valence-corrected chi connectivity index (χ3v) is 9.62. The molecule has 0 N–H and O–H groups in total. The molecule has 1 aliphatic heterocycles. The average molecular weight is 705 g/mol. The zero-order valence-electron chi connectivity index (χ0n) is 27.1. The fourth-order valence-electron chi connectivity index (χ4n) is 6.08. The number of benzene rings is 5. The molecule has 0 radical (unpaired) electrons. The number of nitrogens with zero attached hydrogens (tertiary/aromatic N) is 2. The number of rotatable bonds is 9.